The molecule has 0 fully saturated rings. The molecular weight excluding hydrogens is 1890 g/mol. The van der Waals surface area contributed by atoms with Gasteiger partial charge in [0.2, 0.25) is 23.6 Å². The van der Waals surface area contributed by atoms with Crippen molar-refractivity contribution in [1.29, 1.82) is 0 Å². The van der Waals surface area contributed by atoms with Gasteiger partial charge in [-0.15, -0.1) is 0 Å². The van der Waals surface area contributed by atoms with E-state index in [1.807, 2.05) is 60.7 Å². The lowest BCUT2D eigenvalue weighted by Crippen LogP contribution is -2.47. The van der Waals surface area contributed by atoms with Gasteiger partial charge in [0.15, 0.2) is 5.71 Å². The number of carbonyl (C=O) groups excluding carboxylic acids is 1. The second-order valence-electron chi connectivity index (χ2n) is 35.2. The van der Waals surface area contributed by atoms with Crippen molar-refractivity contribution >= 4 is 93.6 Å². The first-order chi connectivity index (χ1) is 69.5. The Kier molecular flexibility index (Phi) is 62.7. The summed E-state index contributed by atoms with van der Waals surface area (Å²) in [5.41, 5.74) is 43.9. The molecule has 6 aromatic rings. The molecule has 45 nitrogen and oxygen atoms in total. The summed E-state index contributed by atoms with van der Waals surface area (Å²) in [6, 6.07) is 28.8. The molecule has 0 spiro atoms. The number of hydrazone groups is 1. The lowest BCUT2D eigenvalue weighted by molar-refractivity contribution is 0.106. The number of aliphatic hydroxyl groups excluding tert-OH is 1. The number of aliphatic hydroxyl groups is 1. The summed E-state index contributed by atoms with van der Waals surface area (Å²) in [7, 11) is -15.3. The van der Waals surface area contributed by atoms with E-state index < -0.39 is 68.3 Å². The largest absolute Gasteiger partial charge is 0.387 e. The maximum atomic E-state index is 14.6. The van der Waals surface area contributed by atoms with E-state index in [0.29, 0.717) is 64.6 Å². The number of aromatic nitrogens is 3. The molecule has 806 valence electrons. The van der Waals surface area contributed by atoms with Crippen LogP contribution in [0.3, 0.4) is 0 Å². The summed E-state index contributed by atoms with van der Waals surface area (Å²) in [5.74, 6) is -0.743. The van der Waals surface area contributed by atoms with E-state index in [1.165, 1.54) is 18.2 Å². The lowest BCUT2D eigenvalue weighted by Gasteiger charge is -2.31. The van der Waals surface area contributed by atoms with Crippen LogP contribution in [0.2, 0.25) is 0 Å². The first-order valence-corrected chi connectivity index (χ1v) is 55.3. The molecule has 0 saturated heterocycles. The minimum absolute atomic E-state index is 0.0257. The Labute approximate surface area is 849 Å². The number of benzene rings is 5. The summed E-state index contributed by atoms with van der Waals surface area (Å²) in [6.07, 6.45) is 6.30. The Balaban J connectivity index is 0.885. The van der Waals surface area contributed by atoms with Crippen molar-refractivity contribution in [3.8, 4) is 0 Å². The van der Waals surface area contributed by atoms with E-state index >= 15 is 0 Å². The fourth-order valence-corrected chi connectivity index (χ4v) is 18.6. The number of ketones is 1. The highest BCUT2D eigenvalue weighted by Gasteiger charge is 2.36. The third kappa shape index (κ3) is 50.7. The van der Waals surface area contributed by atoms with Crippen LogP contribution in [-0.4, -0.2) is 452 Å². The Hall–Kier alpha value is -7.70. The average Bonchev–Trinajstić information content (AvgIpc) is 0.753. The highest BCUT2D eigenvalue weighted by molar-refractivity contribution is 7.91. The van der Waals surface area contributed by atoms with Crippen LogP contribution in [-0.2, 0) is 30.4 Å². The SMILES string of the molecule is NCCNCCNCCNCCN(CCNCCN(CCN)CCN(CCNCCN)CCN(CCNCCNCCN)CCNCCN(CCNCCN)CCN(CCN)CCN)CCN(CCNCCNCCCCCCCCNc1nc(Nc2ccccc2)nc(Nc2cccc3c2C(=O)/C(=N\Nc2ccc4c(S(=O)(=O)O)cccc4c2S(=O)(=O)O)C(S(=O)(=O)O)=C3)n1)CCNCC(O)c1ccccc1. The molecule has 1 heterocycles. The van der Waals surface area contributed by atoms with Crippen LogP contribution in [0, 0.1) is 0 Å². The van der Waals surface area contributed by atoms with Gasteiger partial charge in [-0.2, -0.15) is 45.3 Å². The maximum absolute atomic E-state index is 14.6. The molecular formula is C95H172N34O11S3. The van der Waals surface area contributed by atoms with Gasteiger partial charge in [-0.25, -0.2) is 0 Å². The van der Waals surface area contributed by atoms with Crippen LogP contribution < -0.4 is 125 Å². The molecule has 7 rings (SSSR count). The average molecular weight is 2060 g/mol. The van der Waals surface area contributed by atoms with Crippen LogP contribution >= 0.6 is 0 Å². The summed E-state index contributed by atoms with van der Waals surface area (Å²) >= 11 is 0. The van der Waals surface area contributed by atoms with Crippen LogP contribution in [0.4, 0.5) is 34.9 Å². The Morgan fingerprint density at radius 3 is 1.13 bits per heavy atom. The molecule has 1 aromatic heterocycles. The van der Waals surface area contributed by atoms with Gasteiger partial charge in [0, 0.05) is 357 Å². The third-order valence-corrected chi connectivity index (χ3v) is 26.9. The Morgan fingerprint density at radius 2 is 0.692 bits per heavy atom. The number of rotatable bonds is 90. The zero-order valence-electron chi connectivity index (χ0n) is 84.1. The molecule has 34 N–H and O–H groups in total. The monoisotopic (exact) mass is 2060 g/mol. The molecule has 48 heteroatoms. The number of nitrogens with one attached hydrogen (secondary N) is 16. The highest BCUT2D eigenvalue weighted by Crippen LogP contribution is 2.36. The number of fused-ring (bicyclic) bond motifs is 2. The Morgan fingerprint density at radius 1 is 0.322 bits per heavy atom. The number of hydrogen-bond donors (Lipinski definition) is 27. The molecule has 0 bridgehead atoms. The maximum Gasteiger partial charge on any atom is 0.297 e. The number of para-hydroxylation sites is 1. The summed E-state index contributed by atoms with van der Waals surface area (Å²) in [6.45, 7) is 43.7. The van der Waals surface area contributed by atoms with Crippen LogP contribution in [0.5, 0.6) is 0 Å². The third-order valence-electron chi connectivity index (χ3n) is 24.1. The number of nitrogens with zero attached hydrogens (tertiary/aromatic N) is 11. The van der Waals surface area contributed by atoms with E-state index in [9.17, 15) is 48.8 Å². The molecule has 0 radical (unpaired) electrons. The topological polar surface area (TPSA) is 649 Å². The van der Waals surface area contributed by atoms with Crippen molar-refractivity contribution < 1.29 is 48.8 Å². The number of anilines is 6. The predicted molar refractivity (Wildman–Crippen MR) is 578 cm³/mol. The predicted octanol–water partition coefficient (Wildman–Crippen LogP) is -2.72. The van der Waals surface area contributed by atoms with E-state index in [2.05, 4.69) is 140 Å². The van der Waals surface area contributed by atoms with Gasteiger partial charge in [-0.05, 0) is 66.9 Å². The normalized spacial score (nSPS) is 13.3. The van der Waals surface area contributed by atoms with Gasteiger partial charge in [0.05, 0.1) is 23.0 Å². The van der Waals surface area contributed by atoms with Gasteiger partial charge in [-0.1, -0.05) is 105 Å². The smallest absolute Gasteiger partial charge is 0.297 e. The second kappa shape index (κ2) is 73.4. The van der Waals surface area contributed by atoms with Crippen molar-refractivity contribution in [3.05, 3.63) is 131 Å². The fraction of sp³-hybridized carbons (Fsp3) is 0.632. The minimum Gasteiger partial charge on any atom is -0.387 e. The second-order valence-corrected chi connectivity index (χ2v) is 39.3. The van der Waals surface area contributed by atoms with E-state index in [0.717, 1.165) is 368 Å². The quantitative estimate of drug-likeness (QED) is 0.0105. The van der Waals surface area contributed by atoms with Gasteiger partial charge in [0.1, 0.15) is 14.7 Å². The first kappa shape index (κ1) is 122. The van der Waals surface area contributed by atoms with Crippen LogP contribution in [0.1, 0.15) is 66.1 Å². The van der Waals surface area contributed by atoms with Crippen molar-refractivity contribution in [2.75, 3.05) is 368 Å². The molecule has 5 aromatic carbocycles. The van der Waals surface area contributed by atoms with Gasteiger partial charge in [0.25, 0.3) is 30.4 Å². The molecule has 1 unspecified atom stereocenters. The lowest BCUT2D eigenvalue weighted by atomic mass is 9.93. The molecule has 1 atom stereocenters. The minimum atomic E-state index is -5.23. The van der Waals surface area contributed by atoms with Crippen molar-refractivity contribution in [2.45, 2.75) is 54.4 Å². The van der Waals surface area contributed by atoms with Crippen LogP contribution in [0.15, 0.2) is 129 Å². The zero-order valence-corrected chi connectivity index (χ0v) is 86.5. The van der Waals surface area contributed by atoms with Gasteiger partial charge >= 0.3 is 0 Å². The number of hydrogen-bond acceptors (Lipinski definition) is 42. The van der Waals surface area contributed by atoms with E-state index in [1.54, 1.807) is 0 Å². The van der Waals surface area contributed by atoms with Gasteiger partial charge < -0.3 is 125 Å². The highest BCUT2D eigenvalue weighted by atomic mass is 32.2. The standard InChI is InChI=1S/C95H172N34O11S3/c96-25-34-104-39-41-108-42-45-111-49-61-126(65-52-112-51-59-124(58-31-102)70-75-129(67-47-107-37-28-99)76-74-127(62-48-110-44-40-105-35-26-97)66-54-113-53-64-125(60-46-106-36-27-98)71-69-123(56-29-100)57-30-101)72-73-128(68-55-114-78-86(130)79-15-7-5-8-16-79)63-50-109-43-38-103-32-11-3-1-2-4-12-33-115-93-118-94(116-81-18-9-6-10-19-81)120-95(119-93)117-84-21-13-17-80-77-88(142(135,136)137)90(91(131)89(80)84)122-121-85-24-23-82-83(92(85)143(138,139)140)20-14-22-87(82)141(132,133)134/h5-10,13-24,77,86,103-114,121,130H,1-4,11-12,25-76,78,96-102H2,(H,132,133,134)(H,135,136,137)(H,138,139,140)(H3,115,116,117,118,119,120)/b122-90-. The molecule has 1 aliphatic rings. The number of allylic oxidation sites excluding steroid dienone is 1. The molecule has 0 aliphatic heterocycles. The molecule has 1 aliphatic carbocycles. The van der Waals surface area contributed by atoms with E-state index in [4.69, 9.17) is 40.1 Å². The van der Waals surface area contributed by atoms with E-state index in [-0.39, 0.29) is 45.4 Å². The van der Waals surface area contributed by atoms with Crippen molar-refractivity contribution in [1.82, 2.24) is 113 Å². The number of Topliss-reactive ketones (excluding diaryl/α,β-unsaturated/α-hetero) is 1. The number of nitrogens with two attached hydrogens (primary N) is 7. The molecule has 0 amide bonds. The van der Waals surface area contributed by atoms with Crippen molar-refractivity contribution in [3.63, 3.8) is 0 Å². The number of unbranched alkanes of at least 4 members (excludes halogenated alkanes) is 5. The molecule has 143 heavy (non-hydrogen) atoms. The summed E-state index contributed by atoms with van der Waals surface area (Å²) < 4.78 is 107. The summed E-state index contributed by atoms with van der Waals surface area (Å²) in [4.78, 5) is 43.6. The van der Waals surface area contributed by atoms with Crippen molar-refractivity contribution in [2.24, 2.45) is 45.2 Å². The van der Waals surface area contributed by atoms with Gasteiger partial charge in [-0.3, -0.25) is 58.2 Å². The summed E-state index contributed by atoms with van der Waals surface area (Å²) in [5, 5.41) is 67.1. The zero-order chi connectivity index (χ0) is 103. The first-order valence-electron chi connectivity index (χ1n) is 51.0. The number of carbonyl (C=O) groups is 1. The Bertz CT molecular complexity index is 4850. The molecule has 0 saturated carbocycles. The van der Waals surface area contributed by atoms with Crippen LogP contribution in [0.25, 0.3) is 16.8 Å². The fourth-order valence-electron chi connectivity index (χ4n) is 16.3.